The largest absolute Gasteiger partial charge is 0.328 e. The summed E-state index contributed by atoms with van der Waals surface area (Å²) in [5, 5.41) is 4.89. The van der Waals surface area contributed by atoms with E-state index in [9.17, 15) is 0 Å². The van der Waals surface area contributed by atoms with E-state index in [0.717, 1.165) is 17.7 Å². The van der Waals surface area contributed by atoms with Crippen molar-refractivity contribution in [2.24, 2.45) is 12.8 Å². The van der Waals surface area contributed by atoms with Crippen molar-refractivity contribution in [2.75, 3.05) is 0 Å². The Bertz CT molecular complexity index is 278. The van der Waals surface area contributed by atoms with E-state index in [-0.39, 0.29) is 6.04 Å². The summed E-state index contributed by atoms with van der Waals surface area (Å²) in [7, 11) is 1.83. The quantitative estimate of drug-likeness (QED) is 0.758. The highest BCUT2D eigenvalue weighted by atomic mass is 35.5. The van der Waals surface area contributed by atoms with Crippen LogP contribution in [0.1, 0.15) is 18.2 Å². The van der Waals surface area contributed by atoms with E-state index in [4.69, 9.17) is 17.3 Å². The highest BCUT2D eigenvalue weighted by molar-refractivity contribution is 6.30. The minimum Gasteiger partial charge on any atom is -0.328 e. The number of nitrogens with two attached hydrogens (primary N) is 1. The van der Waals surface area contributed by atoms with Crippen molar-refractivity contribution in [3.8, 4) is 0 Å². The monoisotopic (exact) mass is 187 g/mol. The van der Waals surface area contributed by atoms with Gasteiger partial charge in [-0.2, -0.15) is 5.10 Å². The second-order valence-electron chi connectivity index (χ2n) is 3.16. The van der Waals surface area contributed by atoms with Crippen LogP contribution in [0.15, 0.2) is 0 Å². The lowest BCUT2D eigenvalue weighted by atomic mass is 10.1. The van der Waals surface area contributed by atoms with Crippen LogP contribution in [-0.4, -0.2) is 15.8 Å². The summed E-state index contributed by atoms with van der Waals surface area (Å²) < 4.78 is 1.68. The molecule has 0 amide bonds. The molecule has 3 nitrogen and oxygen atoms in total. The van der Waals surface area contributed by atoms with Gasteiger partial charge in [0, 0.05) is 18.7 Å². The molecule has 0 spiro atoms. The van der Waals surface area contributed by atoms with Crippen LogP contribution >= 0.6 is 11.6 Å². The highest BCUT2D eigenvalue weighted by Gasteiger charge is 2.11. The Balaban J connectivity index is 2.97. The number of aromatic nitrogens is 2. The maximum Gasteiger partial charge on any atom is 0.130 e. The molecule has 0 unspecified atom stereocenters. The van der Waals surface area contributed by atoms with E-state index in [1.165, 1.54) is 0 Å². The third-order valence-corrected chi connectivity index (χ3v) is 2.27. The first-order valence-corrected chi connectivity index (χ1v) is 4.33. The summed E-state index contributed by atoms with van der Waals surface area (Å²) in [5.74, 6) is 0. The molecule has 0 bridgehead atoms. The van der Waals surface area contributed by atoms with E-state index in [2.05, 4.69) is 5.10 Å². The van der Waals surface area contributed by atoms with Crippen molar-refractivity contribution in [2.45, 2.75) is 26.3 Å². The second-order valence-corrected chi connectivity index (χ2v) is 3.52. The lowest BCUT2D eigenvalue weighted by Crippen LogP contribution is -2.18. The van der Waals surface area contributed by atoms with Crippen LogP contribution < -0.4 is 5.73 Å². The van der Waals surface area contributed by atoms with Gasteiger partial charge in [-0.3, -0.25) is 4.68 Å². The molecule has 1 rings (SSSR count). The van der Waals surface area contributed by atoms with Crippen molar-refractivity contribution in [3.05, 3.63) is 16.4 Å². The van der Waals surface area contributed by atoms with E-state index in [0.29, 0.717) is 5.15 Å². The Morgan fingerprint density at radius 3 is 2.58 bits per heavy atom. The first kappa shape index (κ1) is 9.55. The predicted octanol–water partition coefficient (Wildman–Crippen LogP) is 1.27. The maximum atomic E-state index is 6.00. The zero-order valence-electron chi connectivity index (χ0n) is 7.63. The fraction of sp³-hybridized carbons (Fsp3) is 0.625. The van der Waals surface area contributed by atoms with Crippen LogP contribution in [0.5, 0.6) is 0 Å². The normalized spacial score (nSPS) is 13.4. The van der Waals surface area contributed by atoms with Crippen molar-refractivity contribution < 1.29 is 0 Å². The molecule has 0 aliphatic carbocycles. The molecule has 68 valence electrons. The number of aryl methyl sites for hydroxylation is 2. The first-order chi connectivity index (χ1) is 5.52. The third-order valence-electron chi connectivity index (χ3n) is 1.80. The molecule has 0 fully saturated rings. The van der Waals surface area contributed by atoms with Gasteiger partial charge in [0.2, 0.25) is 0 Å². The molecule has 1 aromatic rings. The summed E-state index contributed by atoms with van der Waals surface area (Å²) in [6, 6.07) is 0.130. The smallest absolute Gasteiger partial charge is 0.130 e. The van der Waals surface area contributed by atoms with E-state index < -0.39 is 0 Å². The summed E-state index contributed by atoms with van der Waals surface area (Å²) in [6.07, 6.45) is 0.790. The molecule has 2 N–H and O–H groups in total. The Hall–Kier alpha value is -0.540. The molecule has 12 heavy (non-hydrogen) atoms. The van der Waals surface area contributed by atoms with Crippen LogP contribution in [0.3, 0.4) is 0 Å². The molecule has 1 heterocycles. The minimum absolute atomic E-state index is 0.130. The first-order valence-electron chi connectivity index (χ1n) is 3.96. The minimum atomic E-state index is 0.130. The van der Waals surface area contributed by atoms with Gasteiger partial charge in [0.1, 0.15) is 5.15 Å². The third kappa shape index (κ3) is 1.79. The number of nitrogens with zero attached hydrogens (tertiary/aromatic N) is 2. The number of halogens is 1. The van der Waals surface area contributed by atoms with Gasteiger partial charge in [0.25, 0.3) is 0 Å². The summed E-state index contributed by atoms with van der Waals surface area (Å²) >= 11 is 6.00. The molecule has 0 radical (unpaired) electrons. The summed E-state index contributed by atoms with van der Waals surface area (Å²) in [5.41, 5.74) is 7.71. The lowest BCUT2D eigenvalue weighted by molar-refractivity contribution is 0.733. The van der Waals surface area contributed by atoms with Crippen LogP contribution in [-0.2, 0) is 13.5 Å². The van der Waals surface area contributed by atoms with Crippen molar-refractivity contribution in [1.29, 1.82) is 0 Å². The SMILES string of the molecule is Cc1nn(C)c(Cl)c1C[C@H](C)N. The van der Waals surface area contributed by atoms with E-state index in [1.807, 2.05) is 20.9 Å². The molecular weight excluding hydrogens is 174 g/mol. The van der Waals surface area contributed by atoms with Crippen LogP contribution in [0.2, 0.25) is 5.15 Å². The van der Waals surface area contributed by atoms with Gasteiger partial charge in [-0.1, -0.05) is 11.6 Å². The van der Waals surface area contributed by atoms with Crippen molar-refractivity contribution in [1.82, 2.24) is 9.78 Å². The van der Waals surface area contributed by atoms with Gasteiger partial charge >= 0.3 is 0 Å². The zero-order valence-corrected chi connectivity index (χ0v) is 8.39. The highest BCUT2D eigenvalue weighted by Crippen LogP contribution is 2.19. The average Bonchev–Trinajstić information content (AvgIpc) is 2.16. The number of rotatable bonds is 2. The molecule has 1 aromatic heterocycles. The molecule has 4 heteroatoms. The van der Waals surface area contributed by atoms with Gasteiger partial charge in [0.05, 0.1) is 5.69 Å². The molecule has 0 aliphatic heterocycles. The van der Waals surface area contributed by atoms with E-state index >= 15 is 0 Å². The van der Waals surface area contributed by atoms with Crippen LogP contribution in [0, 0.1) is 6.92 Å². The standard InChI is InChI=1S/C8H14ClN3/c1-5(10)4-7-6(2)11-12(3)8(7)9/h5H,4,10H2,1-3H3/t5-/m0/s1. The summed E-state index contributed by atoms with van der Waals surface area (Å²) in [4.78, 5) is 0. The average molecular weight is 188 g/mol. The number of hydrogen-bond donors (Lipinski definition) is 1. The Morgan fingerprint density at radius 1 is 1.67 bits per heavy atom. The molecular formula is C8H14ClN3. The Kier molecular flexibility index (Phi) is 2.75. The predicted molar refractivity (Wildman–Crippen MR) is 50.3 cm³/mol. The summed E-state index contributed by atoms with van der Waals surface area (Å²) in [6.45, 7) is 3.91. The molecule has 0 saturated heterocycles. The molecule has 0 aliphatic rings. The fourth-order valence-electron chi connectivity index (χ4n) is 1.23. The van der Waals surface area contributed by atoms with Gasteiger partial charge in [-0.15, -0.1) is 0 Å². The maximum absolute atomic E-state index is 6.00. The Morgan fingerprint density at radius 2 is 2.25 bits per heavy atom. The zero-order chi connectivity index (χ0) is 9.30. The topological polar surface area (TPSA) is 43.8 Å². The number of hydrogen-bond acceptors (Lipinski definition) is 2. The van der Waals surface area contributed by atoms with Gasteiger partial charge in [0.15, 0.2) is 0 Å². The van der Waals surface area contributed by atoms with Gasteiger partial charge in [-0.05, 0) is 20.3 Å². The molecule has 1 atom stereocenters. The van der Waals surface area contributed by atoms with Gasteiger partial charge < -0.3 is 5.73 Å². The molecule has 0 saturated carbocycles. The van der Waals surface area contributed by atoms with Crippen molar-refractivity contribution in [3.63, 3.8) is 0 Å². The van der Waals surface area contributed by atoms with Crippen LogP contribution in [0.4, 0.5) is 0 Å². The lowest BCUT2D eigenvalue weighted by Gasteiger charge is -2.03. The van der Waals surface area contributed by atoms with Crippen LogP contribution in [0.25, 0.3) is 0 Å². The van der Waals surface area contributed by atoms with E-state index in [1.54, 1.807) is 4.68 Å². The fourth-order valence-corrected chi connectivity index (χ4v) is 1.48. The molecule has 0 aromatic carbocycles. The van der Waals surface area contributed by atoms with Gasteiger partial charge in [-0.25, -0.2) is 0 Å². The van der Waals surface area contributed by atoms with Crippen molar-refractivity contribution >= 4 is 11.6 Å². The second kappa shape index (κ2) is 3.46. The Labute approximate surface area is 77.5 Å².